The van der Waals surface area contributed by atoms with Gasteiger partial charge in [-0.15, -0.1) is 11.8 Å². The highest BCUT2D eigenvalue weighted by atomic mass is 32.2. The van der Waals surface area contributed by atoms with E-state index in [9.17, 15) is 4.79 Å². The fourth-order valence-electron chi connectivity index (χ4n) is 2.29. The quantitative estimate of drug-likeness (QED) is 0.877. The number of rotatable bonds is 3. The predicted molar refractivity (Wildman–Crippen MR) is 83.1 cm³/mol. The van der Waals surface area contributed by atoms with E-state index in [1.807, 2.05) is 24.2 Å². The summed E-state index contributed by atoms with van der Waals surface area (Å²) in [4.78, 5) is 26.2. The number of nitrogens with zero attached hydrogens (tertiary/aromatic N) is 3. The summed E-state index contributed by atoms with van der Waals surface area (Å²) in [5.41, 5.74) is 1.90. The molecule has 0 amide bonds. The van der Waals surface area contributed by atoms with E-state index in [-0.39, 0.29) is 5.97 Å². The van der Waals surface area contributed by atoms with Crippen LogP contribution >= 0.6 is 11.8 Å². The first-order valence-corrected chi connectivity index (χ1v) is 7.76. The van der Waals surface area contributed by atoms with Crippen LogP contribution in [0.1, 0.15) is 12.5 Å². The van der Waals surface area contributed by atoms with Gasteiger partial charge in [-0.3, -0.25) is 0 Å². The summed E-state index contributed by atoms with van der Waals surface area (Å²) >= 11 is 1.52. The van der Waals surface area contributed by atoms with Crippen molar-refractivity contribution in [2.45, 2.75) is 13.8 Å². The molecule has 3 rings (SSSR count). The third-order valence-electron chi connectivity index (χ3n) is 3.26. The molecule has 1 N–H and O–H groups in total. The zero-order valence-electron chi connectivity index (χ0n) is 11.9. The lowest BCUT2D eigenvalue weighted by molar-refractivity contribution is -0.137. The molecule has 0 saturated carbocycles. The molecule has 6 nitrogen and oxygen atoms in total. The minimum atomic E-state index is -0.275. The summed E-state index contributed by atoms with van der Waals surface area (Å²) in [5, 5.41) is 0.990. The van der Waals surface area contributed by atoms with E-state index < -0.39 is 0 Å². The Kier molecular flexibility index (Phi) is 3.83. The molecule has 0 aromatic carbocycles. The molecule has 0 radical (unpaired) electrons. The van der Waals surface area contributed by atoms with Crippen molar-refractivity contribution in [2.75, 3.05) is 23.8 Å². The van der Waals surface area contributed by atoms with Crippen LogP contribution in [0.4, 0.5) is 5.82 Å². The van der Waals surface area contributed by atoms with Crippen molar-refractivity contribution in [2.24, 2.45) is 0 Å². The number of hydrogen-bond acceptors (Lipinski definition) is 6. The number of hydrogen-bond donors (Lipinski definition) is 1. The van der Waals surface area contributed by atoms with Gasteiger partial charge in [0.15, 0.2) is 0 Å². The first-order chi connectivity index (χ1) is 10.2. The molecule has 110 valence electrons. The largest absolute Gasteiger partial charge is 0.462 e. The molecule has 7 heteroatoms. The number of ether oxygens (including phenoxy) is 1. The lowest BCUT2D eigenvalue weighted by Crippen LogP contribution is -2.26. The Morgan fingerprint density at radius 3 is 3.19 bits per heavy atom. The van der Waals surface area contributed by atoms with Crippen molar-refractivity contribution < 1.29 is 9.53 Å². The van der Waals surface area contributed by atoms with Gasteiger partial charge in [0.05, 0.1) is 12.0 Å². The van der Waals surface area contributed by atoms with Crippen molar-refractivity contribution >= 4 is 34.6 Å². The number of thioether (sulfide) groups is 1. The fraction of sp³-hybridized carbons (Fsp3) is 0.357. The Labute approximate surface area is 126 Å². The van der Waals surface area contributed by atoms with Crippen LogP contribution in [-0.2, 0) is 9.53 Å². The van der Waals surface area contributed by atoms with Crippen LogP contribution in [-0.4, -0.2) is 39.8 Å². The summed E-state index contributed by atoms with van der Waals surface area (Å²) in [6, 6.07) is 0. The van der Waals surface area contributed by atoms with Crippen LogP contribution in [0, 0.1) is 6.92 Å². The Morgan fingerprint density at radius 1 is 1.52 bits per heavy atom. The number of anilines is 1. The smallest absolute Gasteiger partial charge is 0.346 e. The van der Waals surface area contributed by atoms with Crippen molar-refractivity contribution in [3.63, 3.8) is 0 Å². The van der Waals surface area contributed by atoms with Gasteiger partial charge >= 0.3 is 5.97 Å². The molecule has 3 heterocycles. The van der Waals surface area contributed by atoms with Gasteiger partial charge in [-0.1, -0.05) is 0 Å². The molecule has 0 fully saturated rings. The first kappa shape index (κ1) is 13.9. The maximum Gasteiger partial charge on any atom is 0.346 e. The number of carbonyl (C=O) groups excluding carboxylic acids is 1. The second-order valence-corrected chi connectivity index (χ2v) is 5.78. The van der Waals surface area contributed by atoms with Crippen LogP contribution in [0.25, 0.3) is 11.0 Å². The lowest BCUT2D eigenvalue weighted by Gasteiger charge is -2.25. The van der Waals surface area contributed by atoms with Crippen molar-refractivity contribution in [3.8, 4) is 0 Å². The Balaban J connectivity index is 2.00. The monoisotopic (exact) mass is 304 g/mol. The summed E-state index contributed by atoms with van der Waals surface area (Å²) in [5.74, 6) is 1.36. The second-order valence-electron chi connectivity index (χ2n) is 4.65. The first-order valence-electron chi connectivity index (χ1n) is 6.77. The molecule has 2 aromatic rings. The van der Waals surface area contributed by atoms with E-state index in [0.29, 0.717) is 11.5 Å². The fourth-order valence-corrected chi connectivity index (χ4v) is 3.18. The van der Waals surface area contributed by atoms with E-state index in [1.54, 1.807) is 6.92 Å². The maximum atomic E-state index is 11.9. The molecule has 0 aliphatic carbocycles. The van der Waals surface area contributed by atoms with E-state index in [1.165, 1.54) is 18.1 Å². The molecular formula is C14H16N4O2S. The van der Waals surface area contributed by atoms with Crippen LogP contribution in [0.3, 0.4) is 0 Å². The Hall–Kier alpha value is -2.02. The summed E-state index contributed by atoms with van der Waals surface area (Å²) in [6.45, 7) is 5.00. The Bertz CT molecular complexity index is 710. The predicted octanol–water partition coefficient (Wildman–Crippen LogP) is 2.22. The summed E-state index contributed by atoms with van der Waals surface area (Å²) in [7, 11) is 0. The minimum absolute atomic E-state index is 0.275. The third kappa shape index (κ3) is 2.61. The molecule has 0 spiro atoms. The number of aryl methyl sites for hydroxylation is 1. The SMILES string of the molecule is CCOC(=O)C1=CN(c2ncnc3[nH]cc(C)c23)CCS1. The number of aromatic nitrogens is 3. The van der Waals surface area contributed by atoms with Gasteiger partial charge in [-0.2, -0.15) is 0 Å². The van der Waals surface area contributed by atoms with Crippen LogP contribution in [0.2, 0.25) is 0 Å². The maximum absolute atomic E-state index is 11.9. The summed E-state index contributed by atoms with van der Waals surface area (Å²) < 4.78 is 5.07. The van der Waals surface area contributed by atoms with Crippen LogP contribution in [0.15, 0.2) is 23.6 Å². The molecule has 0 saturated heterocycles. The van der Waals surface area contributed by atoms with E-state index in [2.05, 4.69) is 15.0 Å². The zero-order valence-corrected chi connectivity index (χ0v) is 12.7. The topological polar surface area (TPSA) is 71.1 Å². The molecule has 0 atom stereocenters. The number of nitrogens with one attached hydrogen (secondary N) is 1. The molecular weight excluding hydrogens is 288 g/mol. The number of esters is 1. The number of aromatic amines is 1. The van der Waals surface area contributed by atoms with Crippen molar-refractivity contribution in [3.05, 3.63) is 29.2 Å². The second kappa shape index (κ2) is 5.77. The number of fused-ring (bicyclic) bond motifs is 1. The summed E-state index contributed by atoms with van der Waals surface area (Å²) in [6.07, 6.45) is 5.27. The zero-order chi connectivity index (χ0) is 14.8. The van der Waals surface area contributed by atoms with Crippen molar-refractivity contribution in [1.29, 1.82) is 0 Å². The van der Waals surface area contributed by atoms with E-state index >= 15 is 0 Å². The van der Waals surface area contributed by atoms with Gasteiger partial charge in [-0.05, 0) is 19.4 Å². The lowest BCUT2D eigenvalue weighted by atomic mass is 10.2. The molecule has 21 heavy (non-hydrogen) atoms. The molecule has 2 aromatic heterocycles. The molecule has 0 unspecified atom stereocenters. The van der Waals surface area contributed by atoms with E-state index in [0.717, 1.165) is 34.7 Å². The van der Waals surface area contributed by atoms with E-state index in [4.69, 9.17) is 4.74 Å². The average Bonchev–Trinajstić information content (AvgIpc) is 2.89. The minimum Gasteiger partial charge on any atom is -0.462 e. The van der Waals surface area contributed by atoms with Crippen LogP contribution in [0.5, 0.6) is 0 Å². The Morgan fingerprint density at radius 2 is 2.38 bits per heavy atom. The highest BCUT2D eigenvalue weighted by molar-refractivity contribution is 8.04. The molecule has 1 aliphatic rings. The highest BCUT2D eigenvalue weighted by Gasteiger charge is 2.21. The van der Waals surface area contributed by atoms with Gasteiger partial charge in [0.2, 0.25) is 0 Å². The average molecular weight is 304 g/mol. The highest BCUT2D eigenvalue weighted by Crippen LogP contribution is 2.30. The van der Waals surface area contributed by atoms with Gasteiger partial charge in [0.1, 0.15) is 22.7 Å². The van der Waals surface area contributed by atoms with Gasteiger partial charge in [0, 0.05) is 24.7 Å². The van der Waals surface area contributed by atoms with Crippen molar-refractivity contribution in [1.82, 2.24) is 15.0 Å². The molecule has 1 aliphatic heterocycles. The van der Waals surface area contributed by atoms with Gasteiger partial charge in [-0.25, -0.2) is 14.8 Å². The van der Waals surface area contributed by atoms with Gasteiger partial charge < -0.3 is 14.6 Å². The standard InChI is InChI=1S/C14H16N4O2S/c1-3-20-14(19)10-7-18(4-5-21-10)13-11-9(2)6-15-12(11)16-8-17-13/h6-8H,3-5H2,1-2H3,(H,15,16,17). The van der Waals surface area contributed by atoms with Gasteiger partial charge in [0.25, 0.3) is 0 Å². The van der Waals surface area contributed by atoms with Crippen LogP contribution < -0.4 is 4.90 Å². The normalized spacial score (nSPS) is 15.1. The number of carbonyl (C=O) groups is 1. The molecule has 0 bridgehead atoms. The number of H-pyrrole nitrogens is 1. The third-order valence-corrected chi connectivity index (χ3v) is 4.23.